The van der Waals surface area contributed by atoms with E-state index in [1.54, 1.807) is 32.5 Å². The molecular weight excluding hydrogens is 352 g/mol. The summed E-state index contributed by atoms with van der Waals surface area (Å²) in [5, 5.41) is 7.12. The lowest BCUT2D eigenvalue weighted by Crippen LogP contribution is -2.02. The normalized spacial score (nSPS) is 10.3. The Morgan fingerprint density at radius 1 is 0.962 bits per heavy atom. The first-order valence-corrected chi connectivity index (χ1v) is 8.32. The lowest BCUT2D eigenvalue weighted by molar-refractivity contribution is 0.395. The summed E-state index contributed by atoms with van der Waals surface area (Å²) >= 11 is 6.17. The van der Waals surface area contributed by atoms with Crippen molar-refractivity contribution in [1.29, 1.82) is 0 Å². The highest BCUT2D eigenvalue weighted by molar-refractivity contribution is 6.31. The van der Waals surface area contributed by atoms with E-state index in [1.165, 1.54) is 0 Å². The van der Waals surface area contributed by atoms with Crippen LogP contribution in [0, 0.1) is 6.92 Å². The average Bonchev–Trinajstić information content (AvgIpc) is 2.66. The number of methoxy groups -OCH3 is 2. The van der Waals surface area contributed by atoms with E-state index in [2.05, 4.69) is 20.6 Å². The van der Waals surface area contributed by atoms with Crippen LogP contribution in [0.1, 0.15) is 5.56 Å². The molecule has 2 N–H and O–H groups in total. The van der Waals surface area contributed by atoms with Gasteiger partial charge in [-0.3, -0.25) is 0 Å². The van der Waals surface area contributed by atoms with E-state index >= 15 is 0 Å². The van der Waals surface area contributed by atoms with Crippen molar-refractivity contribution in [2.75, 3.05) is 24.9 Å². The summed E-state index contributed by atoms with van der Waals surface area (Å²) in [6, 6.07) is 13.0. The first-order valence-electron chi connectivity index (χ1n) is 7.95. The van der Waals surface area contributed by atoms with Gasteiger partial charge >= 0.3 is 0 Å². The maximum absolute atomic E-state index is 6.17. The van der Waals surface area contributed by atoms with Crippen LogP contribution in [0.3, 0.4) is 0 Å². The Labute approximate surface area is 157 Å². The van der Waals surface area contributed by atoms with Gasteiger partial charge in [0, 0.05) is 23.0 Å². The van der Waals surface area contributed by atoms with Crippen LogP contribution >= 0.6 is 11.6 Å². The van der Waals surface area contributed by atoms with Crippen molar-refractivity contribution in [3.8, 4) is 11.5 Å². The zero-order valence-electron chi connectivity index (χ0n) is 14.7. The molecule has 0 amide bonds. The van der Waals surface area contributed by atoms with Gasteiger partial charge < -0.3 is 20.1 Å². The predicted molar refractivity (Wildman–Crippen MR) is 104 cm³/mol. The van der Waals surface area contributed by atoms with Crippen molar-refractivity contribution in [2.24, 2.45) is 0 Å². The highest BCUT2D eigenvalue weighted by Gasteiger charge is 2.08. The largest absolute Gasteiger partial charge is 0.497 e. The van der Waals surface area contributed by atoms with Crippen LogP contribution in [0.5, 0.6) is 11.5 Å². The van der Waals surface area contributed by atoms with Crippen LogP contribution < -0.4 is 20.1 Å². The molecule has 0 atom stereocenters. The number of nitrogens with zero attached hydrogens (tertiary/aromatic N) is 2. The third-order valence-corrected chi connectivity index (χ3v) is 4.25. The van der Waals surface area contributed by atoms with Gasteiger partial charge in [-0.05, 0) is 42.8 Å². The Kier molecular flexibility index (Phi) is 5.43. The van der Waals surface area contributed by atoms with Crippen LogP contribution in [0.25, 0.3) is 0 Å². The van der Waals surface area contributed by atoms with Crippen molar-refractivity contribution >= 4 is 34.7 Å². The third-order valence-electron chi connectivity index (χ3n) is 3.84. The van der Waals surface area contributed by atoms with Gasteiger partial charge in [-0.2, -0.15) is 4.98 Å². The van der Waals surface area contributed by atoms with Gasteiger partial charge in [-0.1, -0.05) is 17.7 Å². The van der Waals surface area contributed by atoms with Crippen molar-refractivity contribution in [2.45, 2.75) is 6.92 Å². The Balaban J connectivity index is 1.83. The molecular formula is C19H19ClN4O2. The van der Waals surface area contributed by atoms with E-state index in [0.717, 1.165) is 16.9 Å². The van der Waals surface area contributed by atoms with Crippen molar-refractivity contribution in [3.63, 3.8) is 0 Å². The minimum Gasteiger partial charge on any atom is -0.497 e. The van der Waals surface area contributed by atoms with Crippen LogP contribution in [0.15, 0.2) is 48.7 Å². The minimum atomic E-state index is 0.443. The fourth-order valence-corrected chi connectivity index (χ4v) is 2.57. The number of rotatable bonds is 6. The highest BCUT2D eigenvalue weighted by Crippen LogP contribution is 2.31. The summed E-state index contributed by atoms with van der Waals surface area (Å²) in [6.07, 6.45) is 1.67. The molecule has 0 aliphatic rings. The molecule has 3 rings (SSSR count). The highest BCUT2D eigenvalue weighted by atomic mass is 35.5. The van der Waals surface area contributed by atoms with Crippen LogP contribution in [-0.4, -0.2) is 24.2 Å². The van der Waals surface area contributed by atoms with Crippen molar-refractivity contribution in [3.05, 3.63) is 59.2 Å². The summed E-state index contributed by atoms with van der Waals surface area (Å²) in [4.78, 5) is 8.75. The van der Waals surface area contributed by atoms with E-state index in [-0.39, 0.29) is 0 Å². The third kappa shape index (κ3) is 3.97. The standard InChI is InChI=1S/C19H19ClN4O2/c1-12-14(20)5-4-6-15(12)22-18-9-10-21-19(24-18)23-16-8-7-13(25-2)11-17(16)26-3/h4-11H,1-3H3,(H2,21,22,23,24). The maximum Gasteiger partial charge on any atom is 0.229 e. The Morgan fingerprint density at radius 3 is 2.58 bits per heavy atom. The van der Waals surface area contributed by atoms with Gasteiger partial charge in [-0.25, -0.2) is 4.98 Å². The molecule has 0 radical (unpaired) electrons. The van der Waals surface area contributed by atoms with E-state index < -0.39 is 0 Å². The molecule has 0 unspecified atom stereocenters. The molecule has 0 saturated heterocycles. The zero-order valence-corrected chi connectivity index (χ0v) is 15.5. The molecule has 0 aliphatic heterocycles. The number of halogens is 1. The topological polar surface area (TPSA) is 68.3 Å². The molecule has 3 aromatic rings. The average molecular weight is 371 g/mol. The van der Waals surface area contributed by atoms with E-state index in [0.29, 0.717) is 28.3 Å². The predicted octanol–water partition coefficient (Wildman–Crippen LogP) is 4.94. The second-order valence-electron chi connectivity index (χ2n) is 5.49. The molecule has 6 nitrogen and oxygen atoms in total. The second-order valence-corrected chi connectivity index (χ2v) is 5.90. The fraction of sp³-hybridized carbons (Fsp3) is 0.158. The van der Waals surface area contributed by atoms with Crippen LogP contribution in [0.2, 0.25) is 5.02 Å². The molecule has 1 aromatic heterocycles. The fourth-order valence-electron chi connectivity index (χ4n) is 2.39. The van der Waals surface area contributed by atoms with Gasteiger partial charge in [0.25, 0.3) is 0 Å². The first kappa shape index (κ1) is 17.8. The second kappa shape index (κ2) is 7.93. The van der Waals surface area contributed by atoms with Crippen LogP contribution in [0.4, 0.5) is 23.1 Å². The number of anilines is 4. The molecule has 1 heterocycles. The lowest BCUT2D eigenvalue weighted by Gasteiger charge is -2.13. The molecule has 7 heteroatoms. The summed E-state index contributed by atoms with van der Waals surface area (Å²) in [6.45, 7) is 1.95. The molecule has 0 bridgehead atoms. The smallest absolute Gasteiger partial charge is 0.229 e. The van der Waals surface area contributed by atoms with E-state index in [1.807, 2.05) is 37.3 Å². The van der Waals surface area contributed by atoms with Crippen LogP contribution in [-0.2, 0) is 0 Å². The Bertz CT molecular complexity index is 918. The lowest BCUT2D eigenvalue weighted by atomic mass is 10.2. The number of hydrogen-bond acceptors (Lipinski definition) is 6. The molecule has 0 aliphatic carbocycles. The van der Waals surface area contributed by atoms with Gasteiger partial charge in [0.15, 0.2) is 0 Å². The number of aromatic nitrogens is 2. The molecule has 0 saturated carbocycles. The number of hydrogen-bond donors (Lipinski definition) is 2. The zero-order chi connectivity index (χ0) is 18.5. The van der Waals surface area contributed by atoms with Gasteiger partial charge in [0.05, 0.1) is 19.9 Å². The van der Waals surface area contributed by atoms with E-state index in [9.17, 15) is 0 Å². The number of nitrogens with one attached hydrogen (secondary N) is 2. The Hall–Kier alpha value is -2.99. The van der Waals surface area contributed by atoms with Gasteiger partial charge in [0.1, 0.15) is 17.3 Å². The van der Waals surface area contributed by atoms with Gasteiger partial charge in [0.2, 0.25) is 5.95 Å². The SMILES string of the molecule is COc1ccc(Nc2nccc(Nc3cccc(Cl)c3C)n2)c(OC)c1. The summed E-state index contributed by atoms with van der Waals surface area (Å²) in [7, 11) is 3.21. The summed E-state index contributed by atoms with van der Waals surface area (Å²) in [5.41, 5.74) is 2.59. The van der Waals surface area contributed by atoms with Crippen molar-refractivity contribution < 1.29 is 9.47 Å². The summed E-state index contributed by atoms with van der Waals surface area (Å²) < 4.78 is 10.6. The Morgan fingerprint density at radius 2 is 1.81 bits per heavy atom. The van der Waals surface area contributed by atoms with E-state index in [4.69, 9.17) is 21.1 Å². The maximum atomic E-state index is 6.17. The molecule has 134 valence electrons. The monoisotopic (exact) mass is 370 g/mol. The summed E-state index contributed by atoms with van der Waals surface area (Å²) in [5.74, 6) is 2.44. The molecule has 0 fully saturated rings. The minimum absolute atomic E-state index is 0.443. The van der Waals surface area contributed by atoms with Crippen molar-refractivity contribution in [1.82, 2.24) is 9.97 Å². The first-order chi connectivity index (χ1) is 12.6. The number of ether oxygens (including phenoxy) is 2. The van der Waals surface area contributed by atoms with Gasteiger partial charge in [-0.15, -0.1) is 0 Å². The molecule has 0 spiro atoms. The quantitative estimate of drug-likeness (QED) is 0.640. The molecule has 26 heavy (non-hydrogen) atoms. The molecule has 2 aromatic carbocycles. The number of benzene rings is 2.